The van der Waals surface area contributed by atoms with E-state index in [0.717, 1.165) is 33.3 Å². The average Bonchev–Trinajstić information content (AvgIpc) is 3.36. The molecule has 0 saturated heterocycles. The SMILES string of the molecule is O=[N+]([O-])CC(c1ccc2c(c1)OCO2)c1c(-c2ccccc2)[nH]c2ccccc12. The third kappa shape index (κ3) is 3.08. The van der Waals surface area contributed by atoms with Crippen LogP contribution < -0.4 is 9.47 Å². The number of hydrogen-bond donors (Lipinski definition) is 1. The number of benzene rings is 3. The van der Waals surface area contributed by atoms with Crippen LogP contribution in [0.1, 0.15) is 17.0 Å². The molecule has 1 aliphatic rings. The summed E-state index contributed by atoms with van der Waals surface area (Å²) in [5.74, 6) is 0.846. The summed E-state index contributed by atoms with van der Waals surface area (Å²) in [4.78, 5) is 14.9. The van der Waals surface area contributed by atoms with E-state index < -0.39 is 5.92 Å². The Balaban J connectivity index is 1.75. The van der Waals surface area contributed by atoms with Crippen LogP contribution in [0.15, 0.2) is 72.8 Å². The lowest BCUT2D eigenvalue weighted by molar-refractivity contribution is -0.481. The monoisotopic (exact) mass is 386 g/mol. The minimum atomic E-state index is -0.439. The van der Waals surface area contributed by atoms with E-state index in [-0.39, 0.29) is 18.3 Å². The van der Waals surface area contributed by atoms with E-state index in [0.29, 0.717) is 11.5 Å². The lowest BCUT2D eigenvalue weighted by Crippen LogP contribution is -2.14. The highest BCUT2D eigenvalue weighted by atomic mass is 16.7. The molecule has 1 unspecified atom stereocenters. The Labute approximate surface area is 166 Å². The molecule has 1 N–H and O–H groups in total. The van der Waals surface area contributed by atoms with Crippen molar-refractivity contribution in [3.63, 3.8) is 0 Å². The highest BCUT2D eigenvalue weighted by Crippen LogP contribution is 2.42. The van der Waals surface area contributed by atoms with Crippen molar-refractivity contribution >= 4 is 10.9 Å². The van der Waals surface area contributed by atoms with Gasteiger partial charge in [-0.25, -0.2) is 0 Å². The normalized spacial score (nSPS) is 13.5. The molecule has 0 bridgehead atoms. The number of aromatic amines is 1. The van der Waals surface area contributed by atoms with E-state index in [9.17, 15) is 10.1 Å². The molecule has 6 heteroatoms. The van der Waals surface area contributed by atoms with Crippen molar-refractivity contribution < 1.29 is 14.4 Å². The Morgan fingerprint density at radius 2 is 1.72 bits per heavy atom. The largest absolute Gasteiger partial charge is 0.454 e. The molecule has 1 aromatic heterocycles. The predicted molar refractivity (Wildman–Crippen MR) is 110 cm³/mol. The lowest BCUT2D eigenvalue weighted by Gasteiger charge is -2.16. The Morgan fingerprint density at radius 3 is 2.55 bits per heavy atom. The number of para-hydroxylation sites is 1. The fourth-order valence-electron chi connectivity index (χ4n) is 4.00. The summed E-state index contributed by atoms with van der Waals surface area (Å²) < 4.78 is 10.9. The predicted octanol–water partition coefficient (Wildman–Crippen LogP) is 4.97. The summed E-state index contributed by atoms with van der Waals surface area (Å²) in [6.45, 7) is -0.0532. The van der Waals surface area contributed by atoms with Crippen molar-refractivity contribution in [3.8, 4) is 22.8 Å². The maximum Gasteiger partial charge on any atom is 0.231 e. The van der Waals surface area contributed by atoms with Crippen LogP contribution >= 0.6 is 0 Å². The van der Waals surface area contributed by atoms with Crippen LogP contribution in [0.4, 0.5) is 0 Å². The molecule has 1 aliphatic heterocycles. The fraction of sp³-hybridized carbons (Fsp3) is 0.130. The minimum Gasteiger partial charge on any atom is -0.454 e. The zero-order chi connectivity index (χ0) is 19.8. The van der Waals surface area contributed by atoms with Crippen molar-refractivity contribution in [2.24, 2.45) is 0 Å². The van der Waals surface area contributed by atoms with Gasteiger partial charge in [-0.15, -0.1) is 0 Å². The molecular formula is C23H18N2O4. The second-order valence-electron chi connectivity index (χ2n) is 7.01. The average molecular weight is 386 g/mol. The molecule has 6 nitrogen and oxygen atoms in total. The summed E-state index contributed by atoms with van der Waals surface area (Å²) in [7, 11) is 0. The highest BCUT2D eigenvalue weighted by Gasteiger charge is 2.29. The number of fused-ring (bicyclic) bond motifs is 2. The number of H-pyrrole nitrogens is 1. The van der Waals surface area contributed by atoms with E-state index in [1.807, 2.05) is 72.8 Å². The minimum absolute atomic E-state index is 0.168. The third-order valence-corrected chi connectivity index (χ3v) is 5.29. The van der Waals surface area contributed by atoms with Crippen LogP contribution in [-0.4, -0.2) is 23.2 Å². The van der Waals surface area contributed by atoms with Gasteiger partial charge in [0.25, 0.3) is 0 Å². The summed E-state index contributed by atoms with van der Waals surface area (Å²) in [6, 6.07) is 23.4. The highest BCUT2D eigenvalue weighted by molar-refractivity contribution is 5.92. The zero-order valence-electron chi connectivity index (χ0n) is 15.5. The number of nitro groups is 1. The van der Waals surface area contributed by atoms with Crippen molar-refractivity contribution in [2.45, 2.75) is 5.92 Å². The first-order valence-corrected chi connectivity index (χ1v) is 9.38. The summed E-state index contributed by atoms with van der Waals surface area (Å²) in [5.41, 5.74) is 4.59. The van der Waals surface area contributed by atoms with Crippen LogP contribution in [0.3, 0.4) is 0 Å². The van der Waals surface area contributed by atoms with Crippen molar-refractivity contribution in [2.75, 3.05) is 13.3 Å². The van der Waals surface area contributed by atoms with Gasteiger partial charge in [-0.05, 0) is 34.9 Å². The van der Waals surface area contributed by atoms with Crippen molar-refractivity contribution in [1.82, 2.24) is 4.98 Å². The Bertz CT molecular complexity index is 1200. The van der Waals surface area contributed by atoms with Crippen molar-refractivity contribution in [1.29, 1.82) is 0 Å². The molecule has 0 saturated carbocycles. The quantitative estimate of drug-likeness (QED) is 0.388. The molecule has 2 heterocycles. The zero-order valence-corrected chi connectivity index (χ0v) is 15.5. The van der Waals surface area contributed by atoms with Gasteiger partial charge in [0.05, 0.1) is 11.6 Å². The molecule has 0 amide bonds. The molecule has 3 aromatic carbocycles. The van der Waals surface area contributed by atoms with E-state index >= 15 is 0 Å². The standard InChI is InChI=1S/C23H18N2O4/c26-25(27)13-18(16-10-11-20-21(12-16)29-14-28-20)22-17-8-4-5-9-19(17)24-23(22)15-6-2-1-3-7-15/h1-12,18,24H,13-14H2. The molecule has 29 heavy (non-hydrogen) atoms. The van der Waals surface area contributed by atoms with Crippen LogP contribution in [0.5, 0.6) is 11.5 Å². The van der Waals surface area contributed by atoms with Gasteiger partial charge < -0.3 is 14.5 Å². The van der Waals surface area contributed by atoms with Gasteiger partial charge >= 0.3 is 0 Å². The molecule has 0 aliphatic carbocycles. The van der Waals surface area contributed by atoms with Gasteiger partial charge in [0.15, 0.2) is 11.5 Å². The molecule has 0 fully saturated rings. The van der Waals surface area contributed by atoms with E-state index in [2.05, 4.69) is 4.98 Å². The molecule has 5 rings (SSSR count). The Kier molecular flexibility index (Phi) is 4.17. The number of rotatable bonds is 5. The fourth-order valence-corrected chi connectivity index (χ4v) is 4.00. The second-order valence-corrected chi connectivity index (χ2v) is 7.01. The second kappa shape index (κ2) is 6.98. The topological polar surface area (TPSA) is 77.4 Å². The van der Waals surface area contributed by atoms with E-state index in [1.165, 1.54) is 0 Å². The summed E-state index contributed by atoms with van der Waals surface area (Å²) in [5, 5.41) is 12.6. The van der Waals surface area contributed by atoms with Crippen LogP contribution in [-0.2, 0) is 0 Å². The van der Waals surface area contributed by atoms with Crippen molar-refractivity contribution in [3.05, 3.63) is 94.0 Å². The molecule has 144 valence electrons. The first kappa shape index (κ1) is 17.3. The van der Waals surface area contributed by atoms with E-state index in [4.69, 9.17) is 9.47 Å². The van der Waals surface area contributed by atoms with E-state index in [1.54, 1.807) is 0 Å². The lowest BCUT2D eigenvalue weighted by atomic mass is 9.87. The van der Waals surface area contributed by atoms with Gasteiger partial charge in [0, 0.05) is 15.8 Å². The summed E-state index contributed by atoms with van der Waals surface area (Å²) in [6.07, 6.45) is 0. The van der Waals surface area contributed by atoms with Crippen LogP contribution in [0, 0.1) is 10.1 Å². The summed E-state index contributed by atoms with van der Waals surface area (Å²) >= 11 is 0. The molecule has 0 radical (unpaired) electrons. The van der Waals surface area contributed by atoms with Crippen LogP contribution in [0.2, 0.25) is 0 Å². The van der Waals surface area contributed by atoms with Gasteiger partial charge in [0.1, 0.15) is 0 Å². The molecular weight excluding hydrogens is 368 g/mol. The molecule has 1 atom stereocenters. The first-order chi connectivity index (χ1) is 14.2. The Morgan fingerprint density at radius 1 is 0.966 bits per heavy atom. The number of nitrogens with one attached hydrogen (secondary N) is 1. The van der Waals surface area contributed by atoms with Gasteiger partial charge in [-0.1, -0.05) is 54.6 Å². The number of nitrogens with zero attached hydrogens (tertiary/aromatic N) is 1. The number of hydrogen-bond acceptors (Lipinski definition) is 4. The first-order valence-electron chi connectivity index (χ1n) is 9.38. The maximum absolute atomic E-state index is 11.6. The van der Waals surface area contributed by atoms with Gasteiger partial charge in [-0.3, -0.25) is 10.1 Å². The Hall–Kier alpha value is -3.80. The number of aromatic nitrogens is 1. The smallest absolute Gasteiger partial charge is 0.231 e. The molecule has 0 spiro atoms. The van der Waals surface area contributed by atoms with Gasteiger partial charge in [0.2, 0.25) is 13.3 Å². The van der Waals surface area contributed by atoms with Gasteiger partial charge in [-0.2, -0.15) is 0 Å². The van der Waals surface area contributed by atoms with Crippen LogP contribution in [0.25, 0.3) is 22.2 Å². The maximum atomic E-state index is 11.6. The molecule has 4 aromatic rings. The third-order valence-electron chi connectivity index (χ3n) is 5.29. The number of ether oxygens (including phenoxy) is 2.